The Kier molecular flexibility index (Phi) is 6.87. The van der Waals surface area contributed by atoms with Crippen LogP contribution in [0.4, 0.5) is 5.69 Å². The predicted octanol–water partition coefficient (Wildman–Crippen LogP) is 4.52. The Morgan fingerprint density at radius 2 is 1.75 bits per heavy atom. The predicted molar refractivity (Wildman–Crippen MR) is 158 cm³/mol. The van der Waals surface area contributed by atoms with Crippen LogP contribution >= 0.6 is 11.8 Å². The number of aliphatic hydroxyl groups excluding tert-OH is 1. The van der Waals surface area contributed by atoms with E-state index < -0.39 is 33.4 Å². The summed E-state index contributed by atoms with van der Waals surface area (Å²) >= 11 is 1.64. The van der Waals surface area contributed by atoms with Gasteiger partial charge in [-0.1, -0.05) is 67.6 Å². The van der Waals surface area contributed by atoms with Crippen molar-refractivity contribution in [3.05, 3.63) is 78.4 Å². The molecular weight excluding hydrogens is 522 g/mol. The van der Waals surface area contributed by atoms with Crippen molar-refractivity contribution in [3.63, 3.8) is 0 Å². The molecule has 3 amide bonds. The fraction of sp³-hybridized carbons (Fsp3) is 0.406. The Balaban J connectivity index is 1.43. The monoisotopic (exact) mass is 557 g/mol. The highest BCUT2D eigenvalue weighted by molar-refractivity contribution is 8.02. The number of fused-ring (bicyclic) bond motifs is 2. The first kappa shape index (κ1) is 26.8. The number of amides is 3. The Labute approximate surface area is 238 Å². The lowest BCUT2D eigenvalue weighted by Gasteiger charge is -2.37. The third-order valence-corrected chi connectivity index (χ3v) is 11.0. The van der Waals surface area contributed by atoms with E-state index in [9.17, 15) is 19.5 Å². The maximum atomic E-state index is 14.5. The van der Waals surface area contributed by atoms with E-state index in [1.165, 1.54) is 0 Å². The average molecular weight is 558 g/mol. The summed E-state index contributed by atoms with van der Waals surface area (Å²) in [7, 11) is 0. The van der Waals surface area contributed by atoms with Crippen LogP contribution in [0.1, 0.15) is 44.7 Å². The molecule has 0 radical (unpaired) electrons. The highest BCUT2D eigenvalue weighted by Gasteiger charge is 2.77. The summed E-state index contributed by atoms with van der Waals surface area (Å²) in [5.41, 5.74) is 1.41. The van der Waals surface area contributed by atoms with Gasteiger partial charge in [0, 0.05) is 17.0 Å². The second-order valence-corrected chi connectivity index (χ2v) is 13.3. The summed E-state index contributed by atoms with van der Waals surface area (Å²) in [6.07, 6.45) is 2.20. The van der Waals surface area contributed by atoms with Gasteiger partial charge in [-0.05, 0) is 54.7 Å². The second-order valence-electron chi connectivity index (χ2n) is 11.4. The molecule has 6 rings (SSSR count). The number of aliphatic hydroxyl groups is 1. The highest BCUT2D eigenvalue weighted by Crippen LogP contribution is 2.72. The number of benzene rings is 3. The molecule has 2 unspecified atom stereocenters. The standard InChI is InChI=1S/C32H35N3O4S/c1-3-17-33-28(37)25-26-30(39)35(24(19-36)21-10-5-4-6-11-21)27(32(26)16-15-31(25,2)40-32)29(38)34-23-14-13-20-9-7-8-12-22(20)18-23/h4-14,18,24-27,36H,3,15-17,19H2,1-2H3,(H,33,37)(H,34,38)/t24-,25+,26+,27?,31-,32?/m1/s1. The molecule has 3 aliphatic heterocycles. The van der Waals surface area contributed by atoms with Crippen LogP contribution in [0.2, 0.25) is 0 Å². The van der Waals surface area contributed by atoms with Crippen molar-refractivity contribution in [1.29, 1.82) is 0 Å². The minimum atomic E-state index is -0.843. The van der Waals surface area contributed by atoms with Gasteiger partial charge < -0.3 is 20.6 Å². The molecule has 3 aliphatic rings. The van der Waals surface area contributed by atoms with Crippen molar-refractivity contribution in [3.8, 4) is 0 Å². The van der Waals surface area contributed by atoms with E-state index in [2.05, 4.69) is 17.6 Å². The number of hydrogen-bond acceptors (Lipinski definition) is 5. The van der Waals surface area contributed by atoms with Gasteiger partial charge in [0.05, 0.1) is 29.2 Å². The van der Waals surface area contributed by atoms with Crippen molar-refractivity contribution in [2.24, 2.45) is 11.8 Å². The van der Waals surface area contributed by atoms with Crippen LogP contribution in [0.5, 0.6) is 0 Å². The molecule has 40 heavy (non-hydrogen) atoms. The number of thioether (sulfide) groups is 1. The molecule has 3 N–H and O–H groups in total. The molecule has 0 aromatic heterocycles. The SMILES string of the molecule is CCCNC(=O)[C@@H]1[C@H]2C(=O)N([C@H](CO)c3ccccc3)C(C(=O)Nc3ccc4ccccc4c3)C23CC[C@@]1(C)S3. The number of nitrogens with zero attached hydrogens (tertiary/aromatic N) is 1. The summed E-state index contributed by atoms with van der Waals surface area (Å²) in [5, 5.41) is 18.8. The average Bonchev–Trinajstić information content (AvgIpc) is 3.53. The van der Waals surface area contributed by atoms with Crippen molar-refractivity contribution in [2.45, 2.75) is 54.7 Å². The van der Waals surface area contributed by atoms with E-state index >= 15 is 0 Å². The molecule has 0 aliphatic carbocycles. The number of carbonyl (C=O) groups is 3. The zero-order valence-electron chi connectivity index (χ0n) is 22.8. The normalized spacial score (nSPS) is 29.4. The first-order chi connectivity index (χ1) is 19.3. The summed E-state index contributed by atoms with van der Waals surface area (Å²) in [5.74, 6) is -1.81. The molecule has 6 atom stereocenters. The minimum absolute atomic E-state index is 0.118. The Bertz CT molecular complexity index is 1460. The van der Waals surface area contributed by atoms with Gasteiger partial charge in [-0.3, -0.25) is 14.4 Å². The molecule has 208 valence electrons. The number of anilines is 1. The van der Waals surface area contributed by atoms with Gasteiger partial charge in [0.2, 0.25) is 17.7 Å². The molecule has 1 spiro atoms. The molecule has 3 saturated heterocycles. The second kappa shape index (κ2) is 10.2. The van der Waals surface area contributed by atoms with Gasteiger partial charge in [0.25, 0.3) is 0 Å². The van der Waals surface area contributed by atoms with Crippen LogP contribution in [0.25, 0.3) is 10.8 Å². The third kappa shape index (κ3) is 4.11. The van der Waals surface area contributed by atoms with Crippen molar-refractivity contribution >= 4 is 45.9 Å². The molecule has 3 aromatic rings. The number of carbonyl (C=O) groups excluding carboxylic acids is 3. The van der Waals surface area contributed by atoms with Crippen LogP contribution in [0, 0.1) is 11.8 Å². The molecule has 2 bridgehead atoms. The number of likely N-dealkylation sites (tertiary alicyclic amines) is 1. The Morgan fingerprint density at radius 1 is 1.02 bits per heavy atom. The van der Waals surface area contributed by atoms with Gasteiger partial charge in [0.1, 0.15) is 6.04 Å². The quantitative estimate of drug-likeness (QED) is 0.378. The van der Waals surface area contributed by atoms with Crippen LogP contribution in [-0.4, -0.2) is 56.4 Å². The lowest BCUT2D eigenvalue weighted by molar-refractivity contribution is -0.142. The van der Waals surface area contributed by atoms with Crippen LogP contribution in [-0.2, 0) is 14.4 Å². The smallest absolute Gasteiger partial charge is 0.248 e. The van der Waals surface area contributed by atoms with Crippen LogP contribution in [0.15, 0.2) is 72.8 Å². The number of nitrogens with one attached hydrogen (secondary N) is 2. The minimum Gasteiger partial charge on any atom is -0.394 e. The Morgan fingerprint density at radius 3 is 2.48 bits per heavy atom. The third-order valence-electron chi connectivity index (χ3n) is 9.00. The van der Waals surface area contributed by atoms with Gasteiger partial charge >= 0.3 is 0 Å². The maximum Gasteiger partial charge on any atom is 0.248 e. The first-order valence-electron chi connectivity index (χ1n) is 14.1. The summed E-state index contributed by atoms with van der Waals surface area (Å²) in [6, 6.07) is 21.5. The summed E-state index contributed by atoms with van der Waals surface area (Å²) in [6.45, 7) is 4.29. The fourth-order valence-corrected chi connectivity index (χ4v) is 9.61. The lowest BCUT2D eigenvalue weighted by atomic mass is 9.66. The molecule has 0 saturated carbocycles. The summed E-state index contributed by atoms with van der Waals surface area (Å²) < 4.78 is -1.20. The van der Waals surface area contributed by atoms with E-state index in [0.717, 1.165) is 29.2 Å². The number of hydrogen-bond donors (Lipinski definition) is 3. The van der Waals surface area contributed by atoms with Crippen molar-refractivity contribution in [2.75, 3.05) is 18.5 Å². The molecule has 7 nitrogen and oxygen atoms in total. The van der Waals surface area contributed by atoms with Gasteiger partial charge in [-0.15, -0.1) is 11.8 Å². The fourth-order valence-electron chi connectivity index (χ4n) is 7.27. The van der Waals surface area contributed by atoms with Crippen molar-refractivity contribution < 1.29 is 19.5 Å². The van der Waals surface area contributed by atoms with Gasteiger partial charge in [0.15, 0.2) is 0 Å². The number of rotatable bonds is 8. The van der Waals surface area contributed by atoms with Crippen molar-refractivity contribution in [1.82, 2.24) is 10.2 Å². The van der Waals surface area contributed by atoms with E-state index in [-0.39, 0.29) is 24.3 Å². The lowest BCUT2D eigenvalue weighted by Crippen LogP contribution is -2.53. The van der Waals surface area contributed by atoms with Gasteiger partial charge in [-0.25, -0.2) is 0 Å². The van der Waals surface area contributed by atoms with E-state index in [4.69, 9.17) is 0 Å². The first-order valence-corrected chi connectivity index (χ1v) is 14.9. The largest absolute Gasteiger partial charge is 0.394 e. The molecule has 3 aromatic carbocycles. The Hall–Kier alpha value is -3.36. The molecule has 3 heterocycles. The van der Waals surface area contributed by atoms with E-state index in [1.54, 1.807) is 16.7 Å². The van der Waals surface area contributed by atoms with Crippen LogP contribution < -0.4 is 10.6 Å². The summed E-state index contributed by atoms with van der Waals surface area (Å²) in [4.78, 5) is 43.9. The highest BCUT2D eigenvalue weighted by atomic mass is 32.2. The maximum absolute atomic E-state index is 14.5. The molecule has 3 fully saturated rings. The van der Waals surface area contributed by atoms with E-state index in [0.29, 0.717) is 18.7 Å². The van der Waals surface area contributed by atoms with Crippen LogP contribution in [0.3, 0.4) is 0 Å². The van der Waals surface area contributed by atoms with E-state index in [1.807, 2.05) is 79.7 Å². The molecular formula is C32H35N3O4S. The van der Waals surface area contributed by atoms with Gasteiger partial charge in [-0.2, -0.15) is 0 Å². The topological polar surface area (TPSA) is 98.7 Å². The zero-order valence-corrected chi connectivity index (χ0v) is 23.6. The zero-order chi connectivity index (χ0) is 28.1. The molecule has 8 heteroatoms.